The number of likely N-dealkylation sites (N-methyl/N-ethyl adjacent to an activating group) is 2. The first kappa shape index (κ1) is 41.5. The van der Waals surface area contributed by atoms with Crippen molar-refractivity contribution in [3.63, 3.8) is 0 Å². The minimum Gasteiger partial charge on any atom is -0.491 e. The number of nitrogens with zero attached hydrogens (tertiary/aromatic N) is 2. The number of aliphatic hydroxyl groups is 2. The van der Waals surface area contributed by atoms with E-state index < -0.39 is 12.2 Å². The third-order valence-electron chi connectivity index (χ3n) is 10.7. The number of benzene rings is 4. The molecule has 56 heavy (non-hydrogen) atoms. The average Bonchev–Trinajstić information content (AvgIpc) is 4.06. The molecule has 6 rings (SSSR count). The Morgan fingerprint density at radius 2 is 0.911 bits per heavy atom. The van der Waals surface area contributed by atoms with Gasteiger partial charge >= 0.3 is 0 Å². The summed E-state index contributed by atoms with van der Waals surface area (Å²) in [5.41, 5.74) is 4.45. The van der Waals surface area contributed by atoms with Gasteiger partial charge in [-0.05, 0) is 97.0 Å². The molecule has 2 fully saturated rings. The molecule has 2 N–H and O–H groups in total. The quantitative estimate of drug-likeness (QED) is 0.0748. The first-order valence-electron chi connectivity index (χ1n) is 20.3. The number of hydrogen-bond donors (Lipinski definition) is 2. The fraction of sp³-hybridized carbons (Fsp3) is 0.478. The average molecular weight is 769 g/mol. The molecule has 302 valence electrons. The molecule has 0 bridgehead atoms. The Labute approximate surface area is 332 Å². The fourth-order valence-electron chi connectivity index (χ4n) is 7.08. The second kappa shape index (κ2) is 20.8. The molecule has 2 aliphatic heterocycles. The lowest BCUT2D eigenvalue weighted by molar-refractivity contribution is -0.165. The Morgan fingerprint density at radius 3 is 1.23 bits per heavy atom. The lowest BCUT2D eigenvalue weighted by atomic mass is 9.73. The Morgan fingerprint density at radius 1 is 0.554 bits per heavy atom. The third-order valence-corrected chi connectivity index (χ3v) is 10.7. The largest absolute Gasteiger partial charge is 0.491 e. The molecule has 4 aromatic rings. The Bertz CT molecular complexity index is 1700. The summed E-state index contributed by atoms with van der Waals surface area (Å²) in [5, 5.41) is 21.3. The highest BCUT2D eigenvalue weighted by atomic mass is 16.7. The van der Waals surface area contributed by atoms with Crippen LogP contribution in [0.4, 0.5) is 0 Å². The van der Waals surface area contributed by atoms with Crippen LogP contribution in [0.2, 0.25) is 0 Å². The van der Waals surface area contributed by atoms with Crippen molar-refractivity contribution in [2.75, 3.05) is 72.3 Å². The molecule has 4 aromatic carbocycles. The van der Waals surface area contributed by atoms with E-state index in [0.29, 0.717) is 31.2 Å². The Kier molecular flexibility index (Phi) is 15.4. The lowest BCUT2D eigenvalue weighted by Crippen LogP contribution is -2.35. The number of hydrogen-bond acceptors (Lipinski definition) is 10. The van der Waals surface area contributed by atoms with Crippen LogP contribution in [0.25, 0.3) is 0 Å². The molecule has 6 unspecified atom stereocenters. The van der Waals surface area contributed by atoms with Gasteiger partial charge in [0.05, 0.1) is 13.2 Å². The van der Waals surface area contributed by atoms with Gasteiger partial charge < -0.3 is 48.4 Å². The van der Waals surface area contributed by atoms with Crippen molar-refractivity contribution < 1.29 is 38.6 Å². The number of rotatable bonds is 24. The summed E-state index contributed by atoms with van der Waals surface area (Å²) < 4.78 is 35.1. The second-order valence-electron chi connectivity index (χ2n) is 14.6. The van der Waals surface area contributed by atoms with E-state index in [1.165, 1.54) is 0 Å². The Hall–Kier alpha value is -4.16. The summed E-state index contributed by atoms with van der Waals surface area (Å²) in [6, 6.07) is 33.2. The molecule has 10 nitrogen and oxygen atoms in total. The summed E-state index contributed by atoms with van der Waals surface area (Å²) >= 11 is 0. The normalized spacial score (nSPS) is 18.5. The molecule has 2 saturated heterocycles. The van der Waals surface area contributed by atoms with Crippen LogP contribution in [-0.4, -0.2) is 117 Å². The van der Waals surface area contributed by atoms with Crippen molar-refractivity contribution >= 4 is 0 Å². The van der Waals surface area contributed by atoms with Crippen LogP contribution < -0.4 is 18.9 Å². The van der Waals surface area contributed by atoms with Crippen molar-refractivity contribution in [2.24, 2.45) is 0 Å². The summed E-state index contributed by atoms with van der Waals surface area (Å²) in [6.45, 7) is 15.5. The lowest BCUT2D eigenvalue weighted by Gasteiger charge is -2.30. The first-order chi connectivity index (χ1) is 27.3. The van der Waals surface area contributed by atoms with Gasteiger partial charge in [0, 0.05) is 31.3 Å². The molecule has 0 spiro atoms. The van der Waals surface area contributed by atoms with Gasteiger partial charge in [0.25, 0.3) is 0 Å². The van der Waals surface area contributed by atoms with Gasteiger partial charge in [0.1, 0.15) is 61.1 Å². The molecule has 0 aromatic heterocycles. The van der Waals surface area contributed by atoms with E-state index in [1.54, 1.807) is 0 Å². The molecular weight excluding hydrogens is 709 g/mol. The maximum atomic E-state index is 10.7. The van der Waals surface area contributed by atoms with Crippen molar-refractivity contribution in [3.05, 3.63) is 119 Å². The highest BCUT2D eigenvalue weighted by Crippen LogP contribution is 2.44. The molecule has 0 aliphatic carbocycles. The van der Waals surface area contributed by atoms with Crippen LogP contribution in [0, 0.1) is 0 Å². The minimum absolute atomic E-state index is 0.109. The summed E-state index contributed by atoms with van der Waals surface area (Å²) in [5.74, 6) is 2.77. The highest BCUT2D eigenvalue weighted by Gasteiger charge is 2.30. The number of aliphatic hydroxyl groups excluding tert-OH is 2. The SMILES string of the molecule is CCN(CC)CC(O)COc1ccc(C(c2ccc(OCC3CO3)cc2)C(c2ccc(OCC(O)CN(CC)CC)cc2)c2ccc(OC3CCO3)cc2)cc1. The van der Waals surface area contributed by atoms with E-state index in [0.717, 1.165) is 79.6 Å². The molecule has 0 saturated carbocycles. The number of epoxide rings is 1. The van der Waals surface area contributed by atoms with E-state index in [9.17, 15) is 10.2 Å². The van der Waals surface area contributed by atoms with Crippen LogP contribution in [0.15, 0.2) is 97.1 Å². The summed E-state index contributed by atoms with van der Waals surface area (Å²) in [6.07, 6.45) is -0.312. The van der Waals surface area contributed by atoms with E-state index in [2.05, 4.69) is 86.0 Å². The standard InChI is InChI=1S/C46H60N2O8/c1-5-47(6-2)27-37(49)29-52-39-17-9-33(10-18-39)45(35-13-21-41(22-14-35)54-31-43-32-55-43)46(36-15-23-42(24-16-36)56-44-25-26-51-44)34-11-19-40(20-12-34)53-30-38(50)28-48(7-3)8-4/h9-24,37-38,43-46,49-50H,5-8,25-32H2,1-4H3. The van der Waals surface area contributed by atoms with E-state index in [-0.39, 0.29) is 37.4 Å². The van der Waals surface area contributed by atoms with Gasteiger partial charge in [0.2, 0.25) is 6.29 Å². The maximum Gasteiger partial charge on any atom is 0.202 e. The summed E-state index contributed by atoms with van der Waals surface area (Å²) in [7, 11) is 0. The molecule has 2 aliphatic rings. The second-order valence-corrected chi connectivity index (χ2v) is 14.6. The molecule has 6 atom stereocenters. The summed E-state index contributed by atoms with van der Waals surface area (Å²) in [4.78, 5) is 4.38. The zero-order valence-electron chi connectivity index (χ0n) is 33.4. The molecule has 0 amide bonds. The van der Waals surface area contributed by atoms with Crippen LogP contribution >= 0.6 is 0 Å². The highest BCUT2D eigenvalue weighted by molar-refractivity contribution is 5.48. The van der Waals surface area contributed by atoms with Crippen LogP contribution in [0.5, 0.6) is 23.0 Å². The smallest absolute Gasteiger partial charge is 0.202 e. The van der Waals surface area contributed by atoms with Gasteiger partial charge in [-0.2, -0.15) is 0 Å². The fourth-order valence-corrected chi connectivity index (χ4v) is 7.08. The van der Waals surface area contributed by atoms with Crippen molar-refractivity contribution in [2.45, 2.75) is 70.6 Å². The predicted octanol–water partition coefficient (Wildman–Crippen LogP) is 6.72. The molecule has 10 heteroatoms. The van der Waals surface area contributed by atoms with Crippen LogP contribution in [-0.2, 0) is 9.47 Å². The van der Waals surface area contributed by atoms with Crippen LogP contribution in [0.1, 0.15) is 68.2 Å². The van der Waals surface area contributed by atoms with E-state index in [4.69, 9.17) is 28.4 Å². The molecule has 2 heterocycles. The first-order valence-corrected chi connectivity index (χ1v) is 20.3. The zero-order chi connectivity index (χ0) is 39.3. The maximum absolute atomic E-state index is 10.7. The predicted molar refractivity (Wildman–Crippen MR) is 218 cm³/mol. The van der Waals surface area contributed by atoms with E-state index >= 15 is 0 Å². The van der Waals surface area contributed by atoms with Crippen LogP contribution in [0.3, 0.4) is 0 Å². The van der Waals surface area contributed by atoms with Gasteiger partial charge in [-0.15, -0.1) is 0 Å². The van der Waals surface area contributed by atoms with Crippen molar-refractivity contribution in [3.8, 4) is 23.0 Å². The van der Waals surface area contributed by atoms with E-state index in [1.807, 2.05) is 48.5 Å². The Balaban J connectivity index is 1.30. The third kappa shape index (κ3) is 11.9. The van der Waals surface area contributed by atoms with Gasteiger partial charge in [-0.1, -0.05) is 76.2 Å². The van der Waals surface area contributed by atoms with Gasteiger partial charge in [-0.3, -0.25) is 0 Å². The van der Waals surface area contributed by atoms with Gasteiger partial charge in [-0.25, -0.2) is 0 Å². The molecule has 0 radical (unpaired) electrons. The number of ether oxygens (including phenoxy) is 6. The topological polar surface area (TPSA) is 106 Å². The minimum atomic E-state index is -0.584. The monoisotopic (exact) mass is 768 g/mol. The zero-order valence-corrected chi connectivity index (χ0v) is 33.4. The molecular formula is C46H60N2O8. The van der Waals surface area contributed by atoms with Crippen molar-refractivity contribution in [1.82, 2.24) is 9.80 Å². The van der Waals surface area contributed by atoms with Gasteiger partial charge in [0.15, 0.2) is 0 Å². The van der Waals surface area contributed by atoms with Crippen molar-refractivity contribution in [1.29, 1.82) is 0 Å².